The highest BCUT2D eigenvalue weighted by Gasteiger charge is 2.19. The average Bonchev–Trinajstić information content (AvgIpc) is 3.51. The lowest BCUT2D eigenvalue weighted by Crippen LogP contribution is -2.02. The number of nitrogens with zero attached hydrogens (tertiary/aromatic N) is 7. The van der Waals surface area contributed by atoms with Crippen molar-refractivity contribution >= 4 is 21.8 Å². The third kappa shape index (κ3) is 5.22. The molecule has 0 aliphatic heterocycles. The number of benzene rings is 6. The monoisotopic (exact) mass is 625 g/mol. The van der Waals surface area contributed by atoms with Crippen molar-refractivity contribution in [2.75, 3.05) is 0 Å². The van der Waals surface area contributed by atoms with Crippen molar-refractivity contribution in [3.8, 4) is 69.2 Å². The van der Waals surface area contributed by atoms with Crippen LogP contribution < -0.4 is 0 Å². The van der Waals surface area contributed by atoms with Crippen LogP contribution in [0.25, 0.3) is 72.8 Å². The van der Waals surface area contributed by atoms with E-state index in [2.05, 4.69) is 47.0 Å². The molecule has 2 heterocycles. The molecular weight excluding hydrogens is 603 g/mol. The molecule has 8 rings (SSSR count). The summed E-state index contributed by atoms with van der Waals surface area (Å²) in [4.78, 5) is 14.6. The van der Waals surface area contributed by atoms with Crippen LogP contribution in [-0.4, -0.2) is 19.5 Å². The number of aromatic nitrogens is 4. The Labute approximate surface area is 281 Å². The molecule has 0 unspecified atom stereocenters. The normalized spacial score (nSPS) is 10.8. The van der Waals surface area contributed by atoms with E-state index >= 15 is 0 Å². The second-order valence-corrected chi connectivity index (χ2v) is 11.5. The zero-order valence-electron chi connectivity index (χ0n) is 25.9. The molecule has 6 aromatic carbocycles. The van der Waals surface area contributed by atoms with Gasteiger partial charge in [0, 0.05) is 33.2 Å². The smallest absolute Gasteiger partial charge is 0.165 e. The molecule has 0 radical (unpaired) electrons. The summed E-state index contributed by atoms with van der Waals surface area (Å²) in [6, 6.07) is 51.4. The van der Waals surface area contributed by atoms with E-state index in [1.807, 2.05) is 97.1 Å². The maximum atomic E-state index is 10.3. The SMILES string of the molecule is N#Cc1cc(C#N)cc(-c2ccc3c(c2)c2ccccc2n3-c2ccc(C#N)c(-c3nc(-c4ccccc4)nc(-c4ccccc4)n3)c2)c1. The zero-order chi connectivity index (χ0) is 33.3. The highest BCUT2D eigenvalue weighted by Crippen LogP contribution is 2.37. The minimum Gasteiger partial charge on any atom is -0.309 e. The predicted octanol–water partition coefficient (Wildman–Crippen LogP) is 9.25. The fraction of sp³-hybridized carbons (Fsp3) is 0. The highest BCUT2D eigenvalue weighted by atomic mass is 15.0. The minimum absolute atomic E-state index is 0.403. The number of hydrogen-bond acceptors (Lipinski definition) is 6. The predicted molar refractivity (Wildman–Crippen MR) is 190 cm³/mol. The fourth-order valence-corrected chi connectivity index (χ4v) is 6.24. The molecule has 0 saturated heterocycles. The van der Waals surface area contributed by atoms with Gasteiger partial charge in [-0.2, -0.15) is 15.8 Å². The standard InChI is InChI=1S/C42H23N7/c43-24-27-19-28(25-44)21-33(20-27)31-16-18-39-37(22-31)35-13-7-8-14-38(35)49(39)34-17-15-32(26-45)36(23-34)42-47-40(29-9-3-1-4-10-29)46-41(48-42)30-11-5-2-6-12-30/h1-23H. The highest BCUT2D eigenvalue weighted by molar-refractivity contribution is 6.10. The lowest BCUT2D eigenvalue weighted by molar-refractivity contribution is 1.07. The van der Waals surface area contributed by atoms with E-state index in [1.165, 1.54) is 0 Å². The van der Waals surface area contributed by atoms with Crippen LogP contribution in [0.4, 0.5) is 0 Å². The van der Waals surface area contributed by atoms with E-state index in [9.17, 15) is 15.8 Å². The topological polar surface area (TPSA) is 115 Å². The van der Waals surface area contributed by atoms with Crippen molar-refractivity contribution in [1.29, 1.82) is 15.8 Å². The Morgan fingerprint density at radius 3 is 1.65 bits per heavy atom. The molecule has 8 aromatic rings. The molecule has 0 fully saturated rings. The van der Waals surface area contributed by atoms with Crippen molar-refractivity contribution in [3.63, 3.8) is 0 Å². The summed E-state index contributed by atoms with van der Waals surface area (Å²) in [6.45, 7) is 0. The average molecular weight is 626 g/mol. The first-order chi connectivity index (χ1) is 24.1. The van der Waals surface area contributed by atoms with Crippen LogP contribution in [0.2, 0.25) is 0 Å². The summed E-state index contributed by atoms with van der Waals surface area (Å²) in [5.74, 6) is 1.44. The number of hydrogen-bond donors (Lipinski definition) is 0. The summed E-state index contributed by atoms with van der Waals surface area (Å²) in [6.07, 6.45) is 0. The molecule has 0 atom stereocenters. The maximum Gasteiger partial charge on any atom is 0.165 e. The van der Waals surface area contributed by atoms with Crippen LogP contribution in [0, 0.1) is 34.0 Å². The second-order valence-electron chi connectivity index (χ2n) is 11.5. The second kappa shape index (κ2) is 12.1. The molecule has 226 valence electrons. The fourth-order valence-electron chi connectivity index (χ4n) is 6.24. The van der Waals surface area contributed by atoms with Crippen molar-refractivity contribution in [2.45, 2.75) is 0 Å². The van der Waals surface area contributed by atoms with Gasteiger partial charge in [0.2, 0.25) is 0 Å². The molecule has 0 N–H and O–H groups in total. The van der Waals surface area contributed by atoms with Crippen molar-refractivity contribution in [1.82, 2.24) is 19.5 Å². The molecule has 7 heteroatoms. The van der Waals surface area contributed by atoms with Gasteiger partial charge in [-0.1, -0.05) is 84.9 Å². The molecule has 0 aliphatic rings. The Balaban J connectivity index is 1.34. The zero-order valence-corrected chi connectivity index (χ0v) is 25.9. The Morgan fingerprint density at radius 1 is 0.429 bits per heavy atom. The quantitative estimate of drug-likeness (QED) is 0.188. The van der Waals surface area contributed by atoms with E-state index in [0.29, 0.717) is 39.7 Å². The molecule has 0 saturated carbocycles. The van der Waals surface area contributed by atoms with Gasteiger partial charge in [0.25, 0.3) is 0 Å². The number of rotatable bonds is 5. The van der Waals surface area contributed by atoms with E-state index < -0.39 is 0 Å². The molecule has 2 aromatic heterocycles. The van der Waals surface area contributed by atoms with Crippen LogP contribution in [0.5, 0.6) is 0 Å². The van der Waals surface area contributed by atoms with Crippen LogP contribution in [0.1, 0.15) is 16.7 Å². The first-order valence-corrected chi connectivity index (χ1v) is 15.5. The summed E-state index contributed by atoms with van der Waals surface area (Å²) < 4.78 is 2.17. The summed E-state index contributed by atoms with van der Waals surface area (Å²) >= 11 is 0. The molecular formula is C42H23N7. The Hall–Kier alpha value is -7.40. The van der Waals surface area contributed by atoms with E-state index in [4.69, 9.17) is 15.0 Å². The van der Waals surface area contributed by atoms with Crippen LogP contribution in [0.3, 0.4) is 0 Å². The number of fused-ring (bicyclic) bond motifs is 3. The van der Waals surface area contributed by atoms with Gasteiger partial charge in [0.05, 0.1) is 45.9 Å². The summed E-state index contributed by atoms with van der Waals surface area (Å²) in [5, 5.41) is 31.4. The van der Waals surface area contributed by atoms with Gasteiger partial charge in [-0.15, -0.1) is 0 Å². The molecule has 49 heavy (non-hydrogen) atoms. The Kier molecular flexibility index (Phi) is 7.16. The van der Waals surface area contributed by atoms with Crippen LogP contribution in [0.15, 0.2) is 140 Å². The summed E-state index contributed by atoms with van der Waals surface area (Å²) in [5.41, 5.74) is 8.09. The van der Waals surface area contributed by atoms with Crippen molar-refractivity contribution in [3.05, 3.63) is 156 Å². The van der Waals surface area contributed by atoms with Gasteiger partial charge in [-0.05, 0) is 65.7 Å². The van der Waals surface area contributed by atoms with Crippen molar-refractivity contribution in [2.24, 2.45) is 0 Å². The van der Waals surface area contributed by atoms with Gasteiger partial charge < -0.3 is 4.57 Å². The number of nitriles is 3. The van der Waals surface area contributed by atoms with Crippen molar-refractivity contribution < 1.29 is 0 Å². The lowest BCUT2D eigenvalue weighted by atomic mass is 9.99. The van der Waals surface area contributed by atoms with Gasteiger partial charge in [-0.25, -0.2) is 15.0 Å². The van der Waals surface area contributed by atoms with Crippen LogP contribution in [-0.2, 0) is 0 Å². The number of para-hydroxylation sites is 1. The first-order valence-electron chi connectivity index (χ1n) is 15.5. The first kappa shape index (κ1) is 29.0. The Morgan fingerprint density at radius 2 is 1.02 bits per heavy atom. The van der Waals surface area contributed by atoms with E-state index in [-0.39, 0.29) is 0 Å². The molecule has 0 bridgehead atoms. The molecule has 0 spiro atoms. The van der Waals surface area contributed by atoms with Crippen LogP contribution >= 0.6 is 0 Å². The van der Waals surface area contributed by atoms with Gasteiger partial charge in [-0.3, -0.25) is 0 Å². The van der Waals surface area contributed by atoms with E-state index in [1.54, 1.807) is 18.2 Å². The van der Waals surface area contributed by atoms with Gasteiger partial charge in [0.1, 0.15) is 0 Å². The molecule has 0 amide bonds. The molecule has 7 nitrogen and oxygen atoms in total. The third-order valence-corrected chi connectivity index (χ3v) is 8.52. The minimum atomic E-state index is 0.403. The van der Waals surface area contributed by atoms with Gasteiger partial charge >= 0.3 is 0 Å². The van der Waals surface area contributed by atoms with Gasteiger partial charge in [0.15, 0.2) is 17.5 Å². The largest absolute Gasteiger partial charge is 0.309 e. The summed E-state index contributed by atoms with van der Waals surface area (Å²) in [7, 11) is 0. The third-order valence-electron chi connectivity index (χ3n) is 8.52. The molecule has 0 aliphatic carbocycles. The maximum absolute atomic E-state index is 10.3. The Bertz CT molecular complexity index is 2600. The lowest BCUT2D eigenvalue weighted by Gasteiger charge is -2.13. The van der Waals surface area contributed by atoms with E-state index in [0.717, 1.165) is 49.7 Å².